The predicted octanol–water partition coefficient (Wildman–Crippen LogP) is 3.36. The molecule has 4 nitrogen and oxygen atoms in total. The number of carbonyl (C=O) groups is 1. The Morgan fingerprint density at radius 3 is 2.52 bits per heavy atom. The van der Waals surface area contributed by atoms with Crippen molar-refractivity contribution in [3.8, 4) is 0 Å². The molecule has 1 amide bonds. The van der Waals surface area contributed by atoms with Crippen LogP contribution >= 0.6 is 11.6 Å². The lowest BCUT2D eigenvalue weighted by molar-refractivity contribution is -0.130. The molecule has 23 heavy (non-hydrogen) atoms. The van der Waals surface area contributed by atoms with E-state index < -0.39 is 0 Å². The van der Waals surface area contributed by atoms with Crippen molar-refractivity contribution in [2.24, 2.45) is 17.3 Å². The van der Waals surface area contributed by atoms with E-state index in [1.165, 1.54) is 32.1 Å². The van der Waals surface area contributed by atoms with E-state index in [0.29, 0.717) is 12.5 Å². The summed E-state index contributed by atoms with van der Waals surface area (Å²) < 4.78 is 0. The van der Waals surface area contributed by atoms with Gasteiger partial charge in [-0.3, -0.25) is 4.79 Å². The van der Waals surface area contributed by atoms with E-state index in [1.807, 2.05) is 17.3 Å². The van der Waals surface area contributed by atoms with Gasteiger partial charge in [-0.25, -0.2) is 9.97 Å². The number of halogens is 1. The maximum Gasteiger partial charge on any atom is 0.237 e. The number of amides is 1. The first-order chi connectivity index (χ1) is 11.1. The van der Waals surface area contributed by atoms with Crippen LogP contribution in [0.25, 0.3) is 0 Å². The predicted molar refractivity (Wildman–Crippen MR) is 89.1 cm³/mol. The SMILES string of the molecule is CC1(CN(Cc2cnc(C3CC3)nc2)C(=O)CCl)CC2CC2C1. The van der Waals surface area contributed by atoms with Gasteiger partial charge in [0.25, 0.3) is 0 Å². The van der Waals surface area contributed by atoms with Crippen LogP contribution < -0.4 is 0 Å². The third kappa shape index (κ3) is 3.37. The third-order valence-corrected chi connectivity index (χ3v) is 5.89. The van der Waals surface area contributed by atoms with Crippen LogP contribution in [-0.2, 0) is 11.3 Å². The number of nitrogens with zero attached hydrogens (tertiary/aromatic N) is 3. The van der Waals surface area contributed by atoms with Gasteiger partial charge in [0.05, 0.1) is 0 Å². The van der Waals surface area contributed by atoms with E-state index in [-0.39, 0.29) is 17.2 Å². The van der Waals surface area contributed by atoms with Crippen molar-refractivity contribution in [3.05, 3.63) is 23.8 Å². The molecular formula is C18H24ClN3O. The molecule has 1 heterocycles. The lowest BCUT2D eigenvalue weighted by atomic mass is 9.84. The Kier molecular flexibility index (Phi) is 3.83. The number of rotatable bonds is 6. The van der Waals surface area contributed by atoms with Crippen LogP contribution in [0.5, 0.6) is 0 Å². The highest BCUT2D eigenvalue weighted by Crippen LogP contribution is 2.59. The molecule has 0 bridgehead atoms. The summed E-state index contributed by atoms with van der Waals surface area (Å²) in [4.78, 5) is 23.1. The maximum atomic E-state index is 12.3. The summed E-state index contributed by atoms with van der Waals surface area (Å²) in [7, 11) is 0. The molecule has 0 N–H and O–H groups in total. The molecule has 3 fully saturated rings. The fourth-order valence-electron chi connectivity index (χ4n) is 4.29. The van der Waals surface area contributed by atoms with E-state index in [1.54, 1.807) is 0 Å². The monoisotopic (exact) mass is 333 g/mol. The second-order valence-corrected chi connectivity index (χ2v) is 8.35. The largest absolute Gasteiger partial charge is 0.337 e. The maximum absolute atomic E-state index is 12.3. The molecule has 0 aliphatic heterocycles. The van der Waals surface area contributed by atoms with Crippen LogP contribution in [0.15, 0.2) is 12.4 Å². The average molecular weight is 334 g/mol. The molecule has 2 atom stereocenters. The second-order valence-electron chi connectivity index (χ2n) is 8.08. The van der Waals surface area contributed by atoms with Crippen LogP contribution in [0.3, 0.4) is 0 Å². The van der Waals surface area contributed by atoms with Gasteiger partial charge >= 0.3 is 0 Å². The van der Waals surface area contributed by atoms with E-state index in [2.05, 4.69) is 16.9 Å². The van der Waals surface area contributed by atoms with Gasteiger partial charge in [0, 0.05) is 37.0 Å². The van der Waals surface area contributed by atoms with Crippen LogP contribution in [-0.4, -0.2) is 33.2 Å². The first-order valence-corrected chi connectivity index (χ1v) is 9.24. The zero-order valence-corrected chi connectivity index (χ0v) is 14.4. The normalized spacial score (nSPS) is 31.7. The first-order valence-electron chi connectivity index (χ1n) is 8.71. The van der Waals surface area contributed by atoms with Gasteiger partial charge in [-0.15, -0.1) is 11.6 Å². The number of hydrogen-bond acceptors (Lipinski definition) is 3. The van der Waals surface area contributed by atoms with Gasteiger partial charge < -0.3 is 4.90 Å². The third-order valence-electron chi connectivity index (χ3n) is 5.66. The van der Waals surface area contributed by atoms with Crippen molar-refractivity contribution in [3.63, 3.8) is 0 Å². The van der Waals surface area contributed by atoms with Gasteiger partial charge in [0.15, 0.2) is 0 Å². The summed E-state index contributed by atoms with van der Waals surface area (Å²) in [5, 5.41) is 0. The van der Waals surface area contributed by atoms with Gasteiger partial charge in [-0.05, 0) is 49.4 Å². The summed E-state index contributed by atoms with van der Waals surface area (Å²) in [6.45, 7) is 3.69. The molecule has 3 saturated carbocycles. The molecular weight excluding hydrogens is 310 g/mol. The molecule has 0 radical (unpaired) electrons. The fraction of sp³-hybridized carbons (Fsp3) is 0.722. The molecule has 1 aromatic rings. The van der Waals surface area contributed by atoms with Crippen LogP contribution in [0.1, 0.15) is 56.3 Å². The Balaban J connectivity index is 1.43. The smallest absolute Gasteiger partial charge is 0.237 e. The van der Waals surface area contributed by atoms with Crippen LogP contribution in [0.4, 0.5) is 0 Å². The van der Waals surface area contributed by atoms with Crippen molar-refractivity contribution < 1.29 is 4.79 Å². The summed E-state index contributed by atoms with van der Waals surface area (Å²) in [6, 6.07) is 0. The lowest BCUT2D eigenvalue weighted by Gasteiger charge is -2.33. The Morgan fingerprint density at radius 2 is 1.96 bits per heavy atom. The number of alkyl halides is 1. The highest BCUT2D eigenvalue weighted by molar-refractivity contribution is 6.27. The molecule has 2 unspecified atom stereocenters. The highest BCUT2D eigenvalue weighted by atomic mass is 35.5. The molecule has 1 aromatic heterocycles. The van der Waals surface area contributed by atoms with Crippen LogP contribution in [0, 0.1) is 17.3 Å². The Bertz CT molecular complexity index is 589. The van der Waals surface area contributed by atoms with Gasteiger partial charge in [-0.1, -0.05) is 6.92 Å². The summed E-state index contributed by atoms with van der Waals surface area (Å²) in [5.74, 6) is 3.40. The molecule has 4 rings (SSSR count). The van der Waals surface area contributed by atoms with E-state index in [4.69, 9.17) is 11.6 Å². The van der Waals surface area contributed by atoms with E-state index >= 15 is 0 Å². The molecule has 124 valence electrons. The summed E-state index contributed by atoms with van der Waals surface area (Å²) >= 11 is 5.83. The lowest BCUT2D eigenvalue weighted by Crippen LogP contribution is -2.39. The number of hydrogen-bond donors (Lipinski definition) is 0. The first kappa shape index (κ1) is 15.4. The molecule has 3 aliphatic carbocycles. The zero-order valence-electron chi connectivity index (χ0n) is 13.7. The minimum atomic E-state index is 0.0136. The van der Waals surface area contributed by atoms with E-state index in [9.17, 15) is 4.79 Å². The van der Waals surface area contributed by atoms with Gasteiger partial charge in [0.1, 0.15) is 11.7 Å². The molecule has 0 saturated heterocycles. The minimum Gasteiger partial charge on any atom is -0.337 e. The molecule has 0 aromatic carbocycles. The Labute approximate surface area is 142 Å². The summed E-state index contributed by atoms with van der Waals surface area (Å²) in [5.41, 5.74) is 1.25. The average Bonchev–Trinajstić information content (AvgIpc) is 3.45. The standard InChI is InChI=1S/C18H24ClN3O/c1-18(5-14-4-15(14)6-18)11-22(16(23)7-19)10-12-8-20-17(21-9-12)13-2-3-13/h8-9,13-15H,2-7,10-11H2,1H3. The van der Waals surface area contributed by atoms with Gasteiger partial charge in [0.2, 0.25) is 5.91 Å². The van der Waals surface area contributed by atoms with Gasteiger partial charge in [-0.2, -0.15) is 0 Å². The van der Waals surface area contributed by atoms with Crippen molar-refractivity contribution in [2.45, 2.75) is 51.5 Å². The van der Waals surface area contributed by atoms with Crippen LogP contribution in [0.2, 0.25) is 0 Å². The fourth-order valence-corrected chi connectivity index (χ4v) is 4.45. The Morgan fingerprint density at radius 1 is 1.30 bits per heavy atom. The highest BCUT2D eigenvalue weighted by Gasteiger charge is 2.52. The van der Waals surface area contributed by atoms with Crippen molar-refractivity contribution >= 4 is 17.5 Å². The second kappa shape index (κ2) is 5.73. The number of fused-ring (bicyclic) bond motifs is 1. The van der Waals surface area contributed by atoms with Crippen molar-refractivity contribution in [1.82, 2.24) is 14.9 Å². The Hall–Kier alpha value is -1.16. The molecule has 0 spiro atoms. The molecule has 3 aliphatic rings. The quantitative estimate of drug-likeness (QED) is 0.750. The van der Waals surface area contributed by atoms with E-state index in [0.717, 1.165) is 29.8 Å². The minimum absolute atomic E-state index is 0.0136. The van der Waals surface area contributed by atoms with Crippen molar-refractivity contribution in [2.75, 3.05) is 12.4 Å². The number of aromatic nitrogens is 2. The zero-order chi connectivity index (χ0) is 16.0. The van der Waals surface area contributed by atoms with Crippen molar-refractivity contribution in [1.29, 1.82) is 0 Å². The number of carbonyl (C=O) groups excluding carboxylic acids is 1. The topological polar surface area (TPSA) is 46.1 Å². The molecule has 5 heteroatoms. The summed E-state index contributed by atoms with van der Waals surface area (Å²) in [6.07, 6.45) is 10.1.